The van der Waals surface area contributed by atoms with Gasteiger partial charge in [-0.15, -0.1) is 0 Å². The maximum Gasteiger partial charge on any atom is 0.333 e. The van der Waals surface area contributed by atoms with Crippen LogP contribution < -0.4 is 10.6 Å². The Hall–Kier alpha value is -1.78. The van der Waals surface area contributed by atoms with Crippen molar-refractivity contribution in [2.45, 2.75) is 45.3 Å². The van der Waals surface area contributed by atoms with Gasteiger partial charge in [-0.25, -0.2) is 9.59 Å². The highest BCUT2D eigenvalue weighted by Crippen LogP contribution is 1.97. The molecule has 0 amide bonds. The number of carbonyl (C=O) groups excluding carboxylic acids is 2. The summed E-state index contributed by atoms with van der Waals surface area (Å²) in [6.07, 6.45) is 1.38. The summed E-state index contributed by atoms with van der Waals surface area (Å²) in [7, 11) is 0. The van der Waals surface area contributed by atoms with E-state index in [1.807, 2.05) is 0 Å². The topological polar surface area (TPSA) is 126 Å². The second-order valence-corrected chi connectivity index (χ2v) is 7.15. The third-order valence-corrected chi connectivity index (χ3v) is 3.84. The Labute approximate surface area is 179 Å². The molecule has 0 aliphatic rings. The summed E-state index contributed by atoms with van der Waals surface area (Å²) < 4.78 is 15.2. The van der Waals surface area contributed by atoms with E-state index in [9.17, 15) is 19.8 Å². The van der Waals surface area contributed by atoms with Gasteiger partial charge in [0.15, 0.2) is 0 Å². The van der Waals surface area contributed by atoms with E-state index >= 15 is 0 Å². The predicted octanol–water partition coefficient (Wildman–Crippen LogP) is 0.313. The van der Waals surface area contributed by atoms with Crippen LogP contribution in [0.25, 0.3) is 0 Å². The molecule has 0 fully saturated rings. The van der Waals surface area contributed by atoms with Gasteiger partial charge in [-0.05, 0) is 39.7 Å². The molecular formula is C21H38N2O7. The number of hydrogen-bond donors (Lipinski definition) is 4. The largest absolute Gasteiger partial charge is 0.460 e. The van der Waals surface area contributed by atoms with Crippen molar-refractivity contribution in [1.82, 2.24) is 10.6 Å². The zero-order valence-electron chi connectivity index (χ0n) is 18.3. The van der Waals surface area contributed by atoms with E-state index in [0.29, 0.717) is 44.0 Å². The lowest BCUT2D eigenvalue weighted by atomic mass is 10.2. The summed E-state index contributed by atoms with van der Waals surface area (Å²) in [4.78, 5) is 22.4. The number of rotatable bonds is 19. The molecule has 0 radical (unpaired) electrons. The van der Waals surface area contributed by atoms with Crippen LogP contribution in [0, 0.1) is 0 Å². The highest BCUT2D eigenvalue weighted by atomic mass is 16.5. The summed E-state index contributed by atoms with van der Waals surface area (Å²) >= 11 is 0. The minimum absolute atomic E-state index is 0.0444. The van der Waals surface area contributed by atoms with Gasteiger partial charge in [-0.3, -0.25) is 0 Å². The van der Waals surface area contributed by atoms with Crippen molar-refractivity contribution in [3.63, 3.8) is 0 Å². The molecule has 0 rings (SSSR count). The third-order valence-electron chi connectivity index (χ3n) is 3.84. The first-order chi connectivity index (χ1) is 14.2. The van der Waals surface area contributed by atoms with Gasteiger partial charge in [0.1, 0.15) is 25.4 Å². The molecule has 0 aliphatic heterocycles. The minimum atomic E-state index is -0.766. The van der Waals surface area contributed by atoms with Gasteiger partial charge < -0.3 is 35.1 Å². The number of esters is 2. The van der Waals surface area contributed by atoms with E-state index in [-0.39, 0.29) is 13.2 Å². The van der Waals surface area contributed by atoms with E-state index in [1.54, 1.807) is 13.8 Å². The third kappa shape index (κ3) is 17.1. The number of aliphatic hydroxyl groups is 2. The second kappa shape index (κ2) is 18.0. The van der Waals surface area contributed by atoms with E-state index in [0.717, 1.165) is 25.8 Å². The number of aliphatic hydroxyl groups excluding tert-OH is 2. The first-order valence-corrected chi connectivity index (χ1v) is 10.2. The number of carbonyl (C=O) groups is 2. The number of hydrogen-bond acceptors (Lipinski definition) is 9. The fraction of sp³-hybridized carbons (Fsp3) is 0.714. The quantitative estimate of drug-likeness (QED) is 0.130. The van der Waals surface area contributed by atoms with Crippen molar-refractivity contribution < 1.29 is 34.0 Å². The zero-order valence-corrected chi connectivity index (χ0v) is 18.3. The molecule has 0 aromatic heterocycles. The van der Waals surface area contributed by atoms with Crippen LogP contribution in [0.15, 0.2) is 24.3 Å². The van der Waals surface area contributed by atoms with Crippen LogP contribution in [0.2, 0.25) is 0 Å². The highest BCUT2D eigenvalue weighted by molar-refractivity contribution is 5.87. The lowest BCUT2D eigenvalue weighted by molar-refractivity contribution is -0.142. The van der Waals surface area contributed by atoms with Crippen LogP contribution in [-0.2, 0) is 23.8 Å². The summed E-state index contributed by atoms with van der Waals surface area (Å²) in [5, 5.41) is 25.5. The van der Waals surface area contributed by atoms with Gasteiger partial charge in [-0.1, -0.05) is 13.2 Å². The van der Waals surface area contributed by atoms with Gasteiger partial charge in [-0.2, -0.15) is 0 Å². The molecule has 0 saturated carbocycles. The van der Waals surface area contributed by atoms with Crippen LogP contribution in [0.3, 0.4) is 0 Å². The Bertz CT molecular complexity index is 479. The molecule has 2 unspecified atom stereocenters. The van der Waals surface area contributed by atoms with E-state index in [4.69, 9.17) is 14.2 Å². The van der Waals surface area contributed by atoms with Gasteiger partial charge >= 0.3 is 11.9 Å². The van der Waals surface area contributed by atoms with E-state index in [2.05, 4.69) is 23.8 Å². The molecule has 4 N–H and O–H groups in total. The Morgan fingerprint density at radius 2 is 1.30 bits per heavy atom. The van der Waals surface area contributed by atoms with Crippen molar-refractivity contribution in [3.8, 4) is 0 Å². The summed E-state index contributed by atoms with van der Waals surface area (Å²) in [6.45, 7) is 13.2. The maximum atomic E-state index is 11.2. The SMILES string of the molecule is C=C(C)C(=O)OCC(O)CNCCCCCOCCNCC(O)COC(=O)C(=C)C. The minimum Gasteiger partial charge on any atom is -0.460 e. The zero-order chi connectivity index (χ0) is 22.8. The second-order valence-electron chi connectivity index (χ2n) is 7.15. The van der Waals surface area contributed by atoms with Crippen molar-refractivity contribution >= 4 is 11.9 Å². The number of unbranched alkanes of at least 4 members (excludes halogenated alkanes) is 2. The first kappa shape index (κ1) is 28.2. The van der Waals surface area contributed by atoms with E-state index in [1.165, 1.54) is 0 Å². The van der Waals surface area contributed by atoms with Crippen LogP contribution in [0.5, 0.6) is 0 Å². The number of nitrogens with one attached hydrogen (secondary N) is 2. The molecule has 2 atom stereocenters. The molecule has 0 aromatic carbocycles. The van der Waals surface area contributed by atoms with Crippen LogP contribution in [-0.4, -0.2) is 87.0 Å². The van der Waals surface area contributed by atoms with E-state index < -0.39 is 24.1 Å². The predicted molar refractivity (Wildman–Crippen MR) is 114 cm³/mol. The van der Waals surface area contributed by atoms with Crippen molar-refractivity contribution in [2.24, 2.45) is 0 Å². The normalized spacial score (nSPS) is 12.8. The molecule has 0 saturated heterocycles. The molecule has 9 heteroatoms. The van der Waals surface area contributed by atoms with Crippen LogP contribution in [0.4, 0.5) is 0 Å². The smallest absolute Gasteiger partial charge is 0.333 e. The fourth-order valence-electron chi connectivity index (χ4n) is 2.12. The molecule has 0 heterocycles. The molecule has 0 spiro atoms. The lowest BCUT2D eigenvalue weighted by Crippen LogP contribution is -2.33. The Balaban J connectivity index is 3.36. The highest BCUT2D eigenvalue weighted by Gasteiger charge is 2.09. The van der Waals surface area contributed by atoms with Gasteiger partial charge in [0.05, 0.1) is 6.61 Å². The lowest BCUT2D eigenvalue weighted by Gasteiger charge is -2.13. The average Bonchev–Trinajstić information content (AvgIpc) is 2.70. The van der Waals surface area contributed by atoms with Crippen molar-refractivity contribution in [3.05, 3.63) is 24.3 Å². The fourth-order valence-corrected chi connectivity index (χ4v) is 2.12. The van der Waals surface area contributed by atoms with Crippen molar-refractivity contribution in [2.75, 3.05) is 52.6 Å². The summed E-state index contributed by atoms with van der Waals surface area (Å²) in [6, 6.07) is 0. The molecule has 0 aromatic rings. The molecule has 174 valence electrons. The molecule has 30 heavy (non-hydrogen) atoms. The van der Waals surface area contributed by atoms with Crippen molar-refractivity contribution in [1.29, 1.82) is 0 Å². The summed E-state index contributed by atoms with van der Waals surface area (Å²) in [5.41, 5.74) is 0.617. The standard InChI is InChI=1S/C21H38N2O7/c1-16(2)20(26)29-14-18(24)12-22-8-6-5-7-10-28-11-9-23-13-19(25)15-30-21(27)17(3)4/h18-19,22-25H,1,3,5-15H2,2,4H3. The maximum absolute atomic E-state index is 11.2. The Morgan fingerprint density at radius 3 is 1.80 bits per heavy atom. The Kier molecular flexibility index (Phi) is 17.0. The molecule has 0 aliphatic carbocycles. The molecule has 9 nitrogen and oxygen atoms in total. The molecular weight excluding hydrogens is 392 g/mol. The molecule has 0 bridgehead atoms. The van der Waals surface area contributed by atoms with Gasteiger partial charge in [0.25, 0.3) is 0 Å². The Morgan fingerprint density at radius 1 is 0.800 bits per heavy atom. The van der Waals surface area contributed by atoms with Gasteiger partial charge in [0, 0.05) is 37.4 Å². The van der Waals surface area contributed by atoms with Crippen LogP contribution in [0.1, 0.15) is 33.1 Å². The summed E-state index contributed by atoms with van der Waals surface area (Å²) in [5.74, 6) is -1.00. The monoisotopic (exact) mass is 430 g/mol. The average molecular weight is 431 g/mol. The first-order valence-electron chi connectivity index (χ1n) is 10.2. The van der Waals surface area contributed by atoms with Gasteiger partial charge in [0.2, 0.25) is 0 Å². The van der Waals surface area contributed by atoms with Crippen LogP contribution >= 0.6 is 0 Å². The number of ether oxygens (including phenoxy) is 3.